The minimum atomic E-state index is -0.682. The summed E-state index contributed by atoms with van der Waals surface area (Å²) in [6.07, 6.45) is 8.05. The largest absolute Gasteiger partial charge is 0.458 e. The Hall–Kier alpha value is -3.38. The number of esters is 1. The molecule has 0 heterocycles. The maximum Gasteiger partial charge on any atom is 0.358 e. The topological polar surface area (TPSA) is 59.1 Å². The lowest BCUT2D eigenvalue weighted by atomic mass is 10.0. The van der Waals surface area contributed by atoms with Gasteiger partial charge in [-0.15, -0.1) is 31.4 Å². The molecule has 0 aliphatic carbocycles. The number of rotatable bonds is 14. The van der Waals surface area contributed by atoms with E-state index < -0.39 is 11.9 Å². The fourth-order valence-electron chi connectivity index (χ4n) is 2.58. The Balaban J connectivity index is 3.43. The highest BCUT2D eigenvalue weighted by Gasteiger charge is 2.26. The summed E-state index contributed by atoms with van der Waals surface area (Å²) in [5.41, 5.74) is 0.723. The summed E-state index contributed by atoms with van der Waals surface area (Å²) < 4.78 is 5.23. The Morgan fingerprint density at radius 2 is 1.41 bits per heavy atom. The molecule has 0 radical (unpaired) electrons. The van der Waals surface area contributed by atoms with Crippen LogP contribution in [0.3, 0.4) is 0 Å². The molecule has 1 aromatic carbocycles. The number of hydroxylamine groups is 2. The number of hydrogen-bond acceptors (Lipinski definition) is 6. The van der Waals surface area contributed by atoms with Gasteiger partial charge in [0, 0.05) is 13.1 Å². The first kappa shape index (κ1) is 23.7. The third kappa shape index (κ3) is 6.93. The van der Waals surface area contributed by atoms with Crippen molar-refractivity contribution in [3.05, 3.63) is 92.6 Å². The third-order valence-electron chi connectivity index (χ3n) is 3.72. The van der Waals surface area contributed by atoms with Crippen molar-refractivity contribution in [1.82, 2.24) is 5.06 Å². The zero-order valence-corrected chi connectivity index (χ0v) is 16.7. The third-order valence-corrected chi connectivity index (χ3v) is 3.72. The number of anilines is 1. The Bertz CT molecular complexity index is 750. The number of carbonyl (C=O) groups excluding carboxylic acids is 2. The number of ether oxygens (including phenoxy) is 1. The van der Waals surface area contributed by atoms with Crippen LogP contribution in [0.25, 0.3) is 0 Å². The highest BCUT2D eigenvalue weighted by Crippen LogP contribution is 2.26. The maximum absolute atomic E-state index is 12.9. The van der Waals surface area contributed by atoms with E-state index in [1.165, 1.54) is 17.2 Å². The molecule has 0 aromatic heterocycles. The van der Waals surface area contributed by atoms with Crippen molar-refractivity contribution in [1.29, 1.82) is 0 Å². The Kier molecular flexibility index (Phi) is 10.5. The van der Waals surface area contributed by atoms with Crippen LogP contribution in [0.5, 0.6) is 0 Å². The summed E-state index contributed by atoms with van der Waals surface area (Å²) in [4.78, 5) is 33.0. The standard InChI is InChI=1S/C23H28N2O4/c1-6-14-24(15-7-2)20-13-11-12-19(21(20)23(27)28-18-10-5)22(26)29-25(16-8-3)17-9-4/h6-13H,1-5,14-18H2. The fraction of sp³-hybridized carbons (Fsp3) is 0.217. The Labute approximate surface area is 172 Å². The molecule has 0 saturated carbocycles. The maximum atomic E-state index is 12.9. The van der Waals surface area contributed by atoms with Crippen molar-refractivity contribution in [2.75, 3.05) is 37.7 Å². The summed E-state index contributed by atoms with van der Waals surface area (Å²) in [6.45, 7) is 19.9. The molecule has 0 bridgehead atoms. The van der Waals surface area contributed by atoms with Gasteiger partial charge in [0.25, 0.3) is 0 Å². The second-order valence-corrected chi connectivity index (χ2v) is 5.87. The molecule has 1 rings (SSSR count). The van der Waals surface area contributed by atoms with Crippen LogP contribution in [0.1, 0.15) is 20.7 Å². The molecule has 1 aromatic rings. The van der Waals surface area contributed by atoms with Crippen molar-refractivity contribution in [2.24, 2.45) is 0 Å². The molecule has 0 spiro atoms. The van der Waals surface area contributed by atoms with Gasteiger partial charge in [0.2, 0.25) is 0 Å². The van der Waals surface area contributed by atoms with E-state index in [0.29, 0.717) is 31.9 Å². The number of carbonyl (C=O) groups is 2. The first-order chi connectivity index (χ1) is 14.0. The lowest BCUT2D eigenvalue weighted by Crippen LogP contribution is -2.30. The zero-order chi connectivity index (χ0) is 21.6. The first-order valence-corrected chi connectivity index (χ1v) is 9.10. The van der Waals surface area contributed by atoms with Crippen molar-refractivity contribution >= 4 is 17.6 Å². The van der Waals surface area contributed by atoms with Gasteiger partial charge in [-0.1, -0.05) is 43.0 Å². The minimum absolute atomic E-state index is 0.0175. The quantitative estimate of drug-likeness (QED) is 0.270. The van der Waals surface area contributed by atoms with Crippen molar-refractivity contribution in [2.45, 2.75) is 0 Å². The molecule has 0 aliphatic rings. The van der Waals surface area contributed by atoms with Gasteiger partial charge in [-0.05, 0) is 12.1 Å². The van der Waals surface area contributed by atoms with Gasteiger partial charge in [-0.25, -0.2) is 9.59 Å². The monoisotopic (exact) mass is 396 g/mol. The van der Waals surface area contributed by atoms with Gasteiger partial charge in [0.1, 0.15) is 6.61 Å². The summed E-state index contributed by atoms with van der Waals surface area (Å²) in [7, 11) is 0. The summed E-state index contributed by atoms with van der Waals surface area (Å²) >= 11 is 0. The van der Waals surface area contributed by atoms with Crippen molar-refractivity contribution in [3.8, 4) is 0 Å². The Morgan fingerprint density at radius 1 is 0.828 bits per heavy atom. The average molecular weight is 396 g/mol. The molecule has 0 unspecified atom stereocenters. The van der Waals surface area contributed by atoms with Gasteiger partial charge >= 0.3 is 11.9 Å². The van der Waals surface area contributed by atoms with Crippen LogP contribution in [-0.2, 0) is 9.57 Å². The number of hydrogen-bond donors (Lipinski definition) is 0. The molecule has 0 fully saturated rings. The van der Waals surface area contributed by atoms with Crippen molar-refractivity contribution in [3.63, 3.8) is 0 Å². The van der Waals surface area contributed by atoms with E-state index in [1.54, 1.807) is 36.4 Å². The van der Waals surface area contributed by atoms with Crippen LogP contribution < -0.4 is 4.90 Å². The van der Waals surface area contributed by atoms with Crippen LogP contribution in [0.15, 0.2) is 81.5 Å². The van der Waals surface area contributed by atoms with Crippen LogP contribution in [-0.4, -0.2) is 49.8 Å². The SMILES string of the molecule is C=CCOC(=O)c1c(C(=O)ON(CC=C)CC=C)cccc1N(CC=C)CC=C. The summed E-state index contributed by atoms with van der Waals surface area (Å²) in [5.74, 6) is -1.33. The van der Waals surface area contributed by atoms with Crippen LogP contribution in [0, 0.1) is 0 Å². The lowest BCUT2D eigenvalue weighted by Gasteiger charge is -2.25. The van der Waals surface area contributed by atoms with Gasteiger partial charge < -0.3 is 14.5 Å². The zero-order valence-electron chi connectivity index (χ0n) is 16.7. The molecule has 0 saturated heterocycles. The second kappa shape index (κ2) is 12.9. The van der Waals surface area contributed by atoms with Crippen molar-refractivity contribution < 1.29 is 19.2 Å². The summed E-state index contributed by atoms with van der Waals surface area (Å²) in [5, 5.41) is 1.39. The average Bonchev–Trinajstić information content (AvgIpc) is 2.71. The van der Waals surface area contributed by atoms with E-state index in [1.807, 2.05) is 4.90 Å². The Morgan fingerprint density at radius 3 is 1.93 bits per heavy atom. The molecule has 0 amide bonds. The van der Waals surface area contributed by atoms with Gasteiger partial charge in [0.15, 0.2) is 0 Å². The molecule has 154 valence electrons. The molecular formula is C23H28N2O4. The van der Waals surface area contributed by atoms with Crippen LogP contribution in [0.4, 0.5) is 5.69 Å². The molecule has 6 nitrogen and oxygen atoms in total. The number of benzene rings is 1. The van der Waals surface area contributed by atoms with Gasteiger partial charge in [-0.2, -0.15) is 0 Å². The highest BCUT2D eigenvalue weighted by molar-refractivity contribution is 6.07. The summed E-state index contributed by atoms with van der Waals surface area (Å²) in [6, 6.07) is 4.94. The molecule has 0 atom stereocenters. The lowest BCUT2D eigenvalue weighted by molar-refractivity contribution is -0.0937. The van der Waals surface area contributed by atoms with E-state index in [9.17, 15) is 9.59 Å². The molecule has 0 aliphatic heterocycles. The minimum Gasteiger partial charge on any atom is -0.458 e. The van der Waals surface area contributed by atoms with Crippen LogP contribution in [0.2, 0.25) is 0 Å². The van der Waals surface area contributed by atoms with E-state index in [-0.39, 0.29) is 17.7 Å². The molecular weight excluding hydrogens is 368 g/mol. The predicted octanol–water partition coefficient (Wildman–Crippen LogP) is 3.95. The van der Waals surface area contributed by atoms with E-state index in [4.69, 9.17) is 9.57 Å². The highest BCUT2D eigenvalue weighted by atomic mass is 16.7. The smallest absolute Gasteiger partial charge is 0.358 e. The molecule has 6 heteroatoms. The van der Waals surface area contributed by atoms with E-state index >= 15 is 0 Å². The molecule has 29 heavy (non-hydrogen) atoms. The van der Waals surface area contributed by atoms with E-state index in [2.05, 4.69) is 32.9 Å². The fourth-order valence-corrected chi connectivity index (χ4v) is 2.58. The number of nitrogens with zero attached hydrogens (tertiary/aromatic N) is 2. The predicted molar refractivity (Wildman–Crippen MR) is 117 cm³/mol. The normalized spacial score (nSPS) is 9.97. The first-order valence-electron chi connectivity index (χ1n) is 9.10. The van der Waals surface area contributed by atoms with E-state index in [0.717, 1.165) is 0 Å². The second-order valence-electron chi connectivity index (χ2n) is 5.87. The van der Waals surface area contributed by atoms with Crippen LogP contribution >= 0.6 is 0 Å². The van der Waals surface area contributed by atoms with Gasteiger partial charge in [0.05, 0.1) is 29.9 Å². The van der Waals surface area contributed by atoms with Gasteiger partial charge in [-0.3, -0.25) is 0 Å². The molecule has 0 N–H and O–H groups in total.